The summed E-state index contributed by atoms with van der Waals surface area (Å²) in [4.78, 5) is 13.4. The van der Waals surface area contributed by atoms with E-state index in [-0.39, 0.29) is 11.2 Å². The monoisotopic (exact) mass is 334 g/mol. The van der Waals surface area contributed by atoms with Crippen LogP contribution in [0.1, 0.15) is 6.42 Å². The minimum absolute atomic E-state index is 0.101. The molecule has 0 saturated carbocycles. The van der Waals surface area contributed by atoms with Crippen LogP contribution in [0.4, 0.5) is 11.4 Å². The van der Waals surface area contributed by atoms with Gasteiger partial charge < -0.3 is 10.6 Å². The Bertz CT molecular complexity index is 410. The lowest BCUT2D eigenvalue weighted by molar-refractivity contribution is -0.117. The van der Waals surface area contributed by atoms with Gasteiger partial charge in [0.25, 0.3) is 0 Å². The van der Waals surface area contributed by atoms with Gasteiger partial charge in [0.1, 0.15) is 0 Å². The summed E-state index contributed by atoms with van der Waals surface area (Å²) in [7, 11) is 0. The van der Waals surface area contributed by atoms with Crippen molar-refractivity contribution >= 4 is 52.5 Å². The van der Waals surface area contributed by atoms with Gasteiger partial charge >= 0.3 is 0 Å². The highest BCUT2D eigenvalue weighted by atomic mass is 127. The summed E-state index contributed by atoms with van der Waals surface area (Å²) in [6, 6.07) is 5.69. The van der Waals surface area contributed by atoms with Crippen molar-refractivity contribution in [2.75, 3.05) is 17.2 Å². The average Bonchev–Trinajstić information content (AvgIpc) is 2.50. The van der Waals surface area contributed by atoms with Crippen LogP contribution in [0.15, 0.2) is 18.2 Å². The minimum Gasteiger partial charge on any atom is -0.397 e. The first-order valence-electron chi connectivity index (χ1n) is 4.61. The Morgan fingerprint density at radius 1 is 1.53 bits per heavy atom. The number of benzene rings is 1. The lowest BCUT2D eigenvalue weighted by Gasteiger charge is -2.18. The standard InChI is InChI=1S/C10H11IN2OS/c11-6-1-2-8(12)9(3-6)13-5-7(15)4-10(13)14/h1-3,7,15H,4-5,12H2. The summed E-state index contributed by atoms with van der Waals surface area (Å²) in [5.41, 5.74) is 7.31. The Labute approximate surface area is 108 Å². The molecule has 1 aromatic rings. The zero-order valence-electron chi connectivity index (χ0n) is 7.98. The van der Waals surface area contributed by atoms with Crippen LogP contribution in [-0.4, -0.2) is 17.7 Å². The van der Waals surface area contributed by atoms with Crippen molar-refractivity contribution < 1.29 is 4.79 Å². The summed E-state index contributed by atoms with van der Waals surface area (Å²) in [5.74, 6) is 0.101. The van der Waals surface area contributed by atoms with Gasteiger partial charge in [-0.25, -0.2) is 0 Å². The van der Waals surface area contributed by atoms with Gasteiger partial charge in [-0.1, -0.05) is 0 Å². The van der Waals surface area contributed by atoms with Crippen molar-refractivity contribution in [2.45, 2.75) is 11.7 Å². The number of carbonyl (C=O) groups excluding carboxylic acids is 1. The summed E-state index contributed by atoms with van der Waals surface area (Å²) in [5, 5.41) is 0.120. The number of hydrogen-bond acceptors (Lipinski definition) is 3. The summed E-state index contributed by atoms with van der Waals surface area (Å²) in [6.45, 7) is 0.645. The molecule has 0 bridgehead atoms. The van der Waals surface area contributed by atoms with E-state index >= 15 is 0 Å². The topological polar surface area (TPSA) is 46.3 Å². The molecule has 1 aliphatic rings. The second-order valence-electron chi connectivity index (χ2n) is 3.57. The number of nitrogens with zero attached hydrogens (tertiary/aromatic N) is 1. The van der Waals surface area contributed by atoms with Crippen molar-refractivity contribution in [3.63, 3.8) is 0 Å². The highest BCUT2D eigenvalue weighted by molar-refractivity contribution is 14.1. The number of nitrogen functional groups attached to an aromatic ring is 1. The largest absolute Gasteiger partial charge is 0.397 e. The molecule has 0 radical (unpaired) electrons. The van der Waals surface area contributed by atoms with E-state index in [2.05, 4.69) is 35.2 Å². The molecule has 1 unspecified atom stereocenters. The SMILES string of the molecule is Nc1ccc(I)cc1N1CC(S)CC1=O. The van der Waals surface area contributed by atoms with Gasteiger partial charge in [-0.05, 0) is 40.8 Å². The number of nitrogens with two attached hydrogens (primary N) is 1. The first-order chi connectivity index (χ1) is 7.08. The smallest absolute Gasteiger partial charge is 0.228 e. The van der Waals surface area contributed by atoms with Gasteiger partial charge in [-0.15, -0.1) is 0 Å². The van der Waals surface area contributed by atoms with Crippen LogP contribution in [0, 0.1) is 3.57 Å². The molecule has 1 atom stereocenters. The molecule has 15 heavy (non-hydrogen) atoms. The fraction of sp³-hybridized carbons (Fsp3) is 0.300. The van der Waals surface area contributed by atoms with Gasteiger partial charge in [-0.2, -0.15) is 12.6 Å². The third-order valence-electron chi connectivity index (χ3n) is 2.39. The quantitative estimate of drug-likeness (QED) is 0.468. The van der Waals surface area contributed by atoms with Crippen molar-refractivity contribution in [1.82, 2.24) is 0 Å². The maximum absolute atomic E-state index is 11.7. The normalized spacial score (nSPS) is 21.1. The number of carbonyl (C=O) groups is 1. The van der Waals surface area contributed by atoms with E-state index in [9.17, 15) is 4.79 Å². The van der Waals surface area contributed by atoms with E-state index in [1.807, 2.05) is 18.2 Å². The molecule has 0 aromatic heterocycles. The third-order valence-corrected chi connectivity index (χ3v) is 3.40. The van der Waals surface area contributed by atoms with Crippen molar-refractivity contribution in [3.8, 4) is 0 Å². The number of anilines is 2. The Balaban J connectivity index is 2.37. The second-order valence-corrected chi connectivity index (χ2v) is 5.54. The molecule has 3 nitrogen and oxygen atoms in total. The van der Waals surface area contributed by atoms with Gasteiger partial charge in [0.2, 0.25) is 5.91 Å². The zero-order valence-corrected chi connectivity index (χ0v) is 11.0. The van der Waals surface area contributed by atoms with Crippen LogP contribution in [-0.2, 0) is 4.79 Å². The van der Waals surface area contributed by atoms with Crippen LogP contribution in [0.3, 0.4) is 0 Å². The lowest BCUT2D eigenvalue weighted by atomic mass is 10.2. The molecule has 0 spiro atoms. The molecular weight excluding hydrogens is 323 g/mol. The van der Waals surface area contributed by atoms with Crippen molar-refractivity contribution in [1.29, 1.82) is 0 Å². The second kappa shape index (κ2) is 4.21. The predicted octanol–water partition coefficient (Wildman–Crippen LogP) is 1.91. The van der Waals surface area contributed by atoms with Crippen LogP contribution < -0.4 is 10.6 Å². The fourth-order valence-corrected chi connectivity index (χ4v) is 2.47. The van der Waals surface area contributed by atoms with E-state index in [1.165, 1.54) is 0 Å². The van der Waals surface area contributed by atoms with Crippen LogP contribution in [0.2, 0.25) is 0 Å². The molecule has 1 amide bonds. The molecule has 1 fully saturated rings. The summed E-state index contributed by atoms with van der Waals surface area (Å²) >= 11 is 6.52. The first kappa shape index (κ1) is 11.1. The van der Waals surface area contributed by atoms with Crippen LogP contribution >= 0.6 is 35.2 Å². The molecule has 5 heteroatoms. The molecule has 0 aliphatic carbocycles. The Kier molecular flexibility index (Phi) is 3.11. The fourth-order valence-electron chi connectivity index (χ4n) is 1.67. The van der Waals surface area contributed by atoms with E-state index < -0.39 is 0 Å². The first-order valence-corrected chi connectivity index (χ1v) is 6.21. The van der Waals surface area contributed by atoms with Crippen molar-refractivity contribution in [2.24, 2.45) is 0 Å². The molecule has 1 aromatic carbocycles. The molecule has 1 heterocycles. The molecule has 2 N–H and O–H groups in total. The number of rotatable bonds is 1. The Morgan fingerprint density at radius 3 is 2.87 bits per heavy atom. The molecule has 1 saturated heterocycles. The zero-order chi connectivity index (χ0) is 11.0. The van der Waals surface area contributed by atoms with E-state index in [1.54, 1.807) is 4.90 Å². The number of halogens is 1. The predicted molar refractivity (Wildman–Crippen MR) is 73.3 cm³/mol. The molecule has 80 valence electrons. The Morgan fingerprint density at radius 2 is 2.27 bits per heavy atom. The maximum Gasteiger partial charge on any atom is 0.228 e. The Hall–Kier alpha value is -0.430. The van der Waals surface area contributed by atoms with Crippen molar-refractivity contribution in [3.05, 3.63) is 21.8 Å². The van der Waals surface area contributed by atoms with Gasteiger partial charge in [-0.3, -0.25) is 4.79 Å². The summed E-state index contributed by atoms with van der Waals surface area (Å²) < 4.78 is 1.08. The molecule has 1 aliphatic heterocycles. The number of thiol groups is 1. The summed E-state index contributed by atoms with van der Waals surface area (Å²) in [6.07, 6.45) is 0.494. The minimum atomic E-state index is 0.101. The number of amides is 1. The third kappa shape index (κ3) is 2.23. The highest BCUT2D eigenvalue weighted by Gasteiger charge is 2.29. The van der Waals surface area contributed by atoms with E-state index in [4.69, 9.17) is 5.73 Å². The molecule has 2 rings (SSSR count). The average molecular weight is 334 g/mol. The van der Waals surface area contributed by atoms with E-state index in [0.717, 1.165) is 9.26 Å². The lowest BCUT2D eigenvalue weighted by Crippen LogP contribution is -2.25. The number of hydrogen-bond donors (Lipinski definition) is 2. The van der Waals surface area contributed by atoms with Gasteiger partial charge in [0, 0.05) is 21.8 Å². The van der Waals surface area contributed by atoms with Gasteiger partial charge in [0.15, 0.2) is 0 Å². The maximum atomic E-state index is 11.7. The van der Waals surface area contributed by atoms with E-state index in [0.29, 0.717) is 18.7 Å². The highest BCUT2D eigenvalue weighted by Crippen LogP contribution is 2.30. The van der Waals surface area contributed by atoms with Crippen LogP contribution in [0.5, 0.6) is 0 Å². The van der Waals surface area contributed by atoms with Gasteiger partial charge in [0.05, 0.1) is 11.4 Å². The van der Waals surface area contributed by atoms with Crippen LogP contribution in [0.25, 0.3) is 0 Å². The molecular formula is C10H11IN2OS.